The zero-order valence-electron chi connectivity index (χ0n) is 13.1. The van der Waals surface area contributed by atoms with E-state index in [1.54, 1.807) is 11.8 Å². The average molecular weight is 287 g/mol. The van der Waals surface area contributed by atoms with Crippen LogP contribution in [-0.4, -0.2) is 20.7 Å². The molecule has 3 heteroatoms. The van der Waals surface area contributed by atoms with E-state index >= 15 is 0 Å². The fraction of sp³-hybridized carbons (Fsp3) is 0.867. The van der Waals surface area contributed by atoms with Crippen LogP contribution in [0, 0.1) is 11.2 Å². The van der Waals surface area contributed by atoms with Crippen molar-refractivity contribution in [1.82, 2.24) is 0 Å². The maximum Gasteiger partial charge on any atom is 0.191 e. The van der Waals surface area contributed by atoms with Crippen LogP contribution in [0.1, 0.15) is 53.4 Å². The van der Waals surface area contributed by atoms with Crippen LogP contribution in [0.2, 0.25) is 18.1 Å². The summed E-state index contributed by atoms with van der Waals surface area (Å²) in [6.07, 6.45) is 4.56. The second kappa shape index (κ2) is 9.06. The van der Waals surface area contributed by atoms with Crippen LogP contribution in [-0.2, 0) is 4.43 Å². The highest BCUT2D eigenvalue weighted by Crippen LogP contribution is 2.36. The third-order valence-electron chi connectivity index (χ3n) is 3.46. The van der Waals surface area contributed by atoms with Gasteiger partial charge in [-0.25, -0.2) is 0 Å². The van der Waals surface area contributed by atoms with Gasteiger partial charge < -0.3 is 4.43 Å². The van der Waals surface area contributed by atoms with E-state index in [-0.39, 0.29) is 0 Å². The molecule has 0 N–H and O–H groups in total. The molecule has 0 fully saturated rings. The van der Waals surface area contributed by atoms with Gasteiger partial charge in [-0.05, 0) is 36.2 Å². The Morgan fingerprint density at radius 3 is 2.39 bits per heavy atom. The van der Waals surface area contributed by atoms with Crippen molar-refractivity contribution in [2.24, 2.45) is 0 Å². The molecular formula is C15H30OSSi. The lowest BCUT2D eigenvalue weighted by Gasteiger charge is -2.36. The largest absolute Gasteiger partial charge is 0.417 e. The first-order chi connectivity index (χ1) is 8.31. The van der Waals surface area contributed by atoms with Crippen molar-refractivity contribution in [3.05, 3.63) is 0 Å². The van der Waals surface area contributed by atoms with Gasteiger partial charge in [-0.2, -0.15) is 0 Å². The van der Waals surface area contributed by atoms with Gasteiger partial charge in [0.2, 0.25) is 0 Å². The third-order valence-corrected chi connectivity index (χ3v) is 8.78. The zero-order chi connectivity index (χ0) is 14.1. The van der Waals surface area contributed by atoms with Crippen molar-refractivity contribution in [1.29, 1.82) is 0 Å². The average Bonchev–Trinajstić information content (AvgIpc) is 2.25. The van der Waals surface area contributed by atoms with E-state index in [0.717, 1.165) is 19.4 Å². The van der Waals surface area contributed by atoms with Crippen molar-refractivity contribution in [2.45, 2.75) is 71.5 Å². The second-order valence-corrected chi connectivity index (χ2v) is 11.9. The van der Waals surface area contributed by atoms with Gasteiger partial charge in [0.1, 0.15) is 0 Å². The number of hydrogen-bond acceptors (Lipinski definition) is 2. The van der Waals surface area contributed by atoms with Crippen molar-refractivity contribution in [3.8, 4) is 11.2 Å². The Balaban J connectivity index is 3.62. The molecule has 0 radical (unpaired) electrons. The first-order valence-electron chi connectivity index (χ1n) is 7.05. The Kier molecular flexibility index (Phi) is 9.11. The van der Waals surface area contributed by atoms with Gasteiger partial charge in [-0.3, -0.25) is 0 Å². The van der Waals surface area contributed by atoms with Crippen molar-refractivity contribution in [3.63, 3.8) is 0 Å². The van der Waals surface area contributed by atoms with E-state index < -0.39 is 8.32 Å². The van der Waals surface area contributed by atoms with Gasteiger partial charge >= 0.3 is 0 Å². The Hall–Kier alpha value is 0.0869. The summed E-state index contributed by atoms with van der Waals surface area (Å²) in [4.78, 5) is 0. The Labute approximate surface area is 120 Å². The zero-order valence-corrected chi connectivity index (χ0v) is 14.9. The topological polar surface area (TPSA) is 9.23 Å². The molecule has 1 nitrogen and oxygen atoms in total. The lowest BCUT2D eigenvalue weighted by molar-refractivity contribution is 0.284. The molecule has 0 atom stereocenters. The fourth-order valence-electron chi connectivity index (χ4n) is 1.07. The van der Waals surface area contributed by atoms with E-state index in [0.29, 0.717) is 5.04 Å². The number of rotatable bonds is 7. The maximum absolute atomic E-state index is 6.10. The molecule has 0 heterocycles. The molecule has 106 valence electrons. The summed E-state index contributed by atoms with van der Waals surface area (Å²) in [6, 6.07) is 0. The minimum absolute atomic E-state index is 0.314. The van der Waals surface area contributed by atoms with Gasteiger partial charge in [0.05, 0.1) is 0 Å². The highest BCUT2D eigenvalue weighted by molar-refractivity contribution is 8.03. The molecule has 0 aliphatic rings. The standard InChI is InChI=1S/C15H30OSSi/c1-7-8-13-17-14-11-9-10-12-16-18(5,6)15(2,3)4/h7-10,12-13H2,1-6H3. The summed E-state index contributed by atoms with van der Waals surface area (Å²) in [5, 5.41) is 3.48. The molecule has 0 bridgehead atoms. The van der Waals surface area contributed by atoms with E-state index in [9.17, 15) is 0 Å². The van der Waals surface area contributed by atoms with E-state index in [1.165, 1.54) is 18.6 Å². The predicted octanol–water partition coefficient (Wildman–Crippen LogP) is 5.28. The van der Waals surface area contributed by atoms with Crippen LogP contribution in [0.4, 0.5) is 0 Å². The fourth-order valence-corrected chi connectivity index (χ4v) is 2.90. The van der Waals surface area contributed by atoms with Gasteiger partial charge in [-0.1, -0.05) is 51.8 Å². The Bertz CT molecular complexity index is 270. The van der Waals surface area contributed by atoms with Gasteiger partial charge in [0.25, 0.3) is 0 Å². The Morgan fingerprint density at radius 2 is 1.83 bits per heavy atom. The molecule has 0 aromatic rings. The number of hydrogen-bond donors (Lipinski definition) is 0. The summed E-state index contributed by atoms with van der Waals surface area (Å²) in [6.45, 7) is 14.5. The van der Waals surface area contributed by atoms with Crippen LogP contribution < -0.4 is 0 Å². The highest BCUT2D eigenvalue weighted by atomic mass is 32.2. The molecule has 0 unspecified atom stereocenters. The number of thioether (sulfide) groups is 1. The molecule has 18 heavy (non-hydrogen) atoms. The van der Waals surface area contributed by atoms with E-state index in [1.807, 2.05) is 0 Å². The lowest BCUT2D eigenvalue weighted by atomic mass is 10.2. The van der Waals surface area contributed by atoms with Gasteiger partial charge in [0.15, 0.2) is 8.32 Å². The van der Waals surface area contributed by atoms with Gasteiger partial charge in [0, 0.05) is 18.8 Å². The summed E-state index contributed by atoms with van der Waals surface area (Å²) in [5.74, 6) is 4.39. The predicted molar refractivity (Wildman–Crippen MR) is 87.5 cm³/mol. The summed E-state index contributed by atoms with van der Waals surface area (Å²) < 4.78 is 6.10. The SMILES string of the molecule is CCCCSC#CCCCO[Si](C)(C)C(C)(C)C. The highest BCUT2D eigenvalue weighted by Gasteiger charge is 2.36. The smallest absolute Gasteiger partial charge is 0.191 e. The normalized spacial score (nSPS) is 12.1. The summed E-state index contributed by atoms with van der Waals surface area (Å²) >= 11 is 1.75. The number of unbranched alkanes of at least 4 members (excludes halogenated alkanes) is 2. The van der Waals surface area contributed by atoms with E-state index in [4.69, 9.17) is 4.43 Å². The minimum Gasteiger partial charge on any atom is -0.417 e. The first-order valence-corrected chi connectivity index (χ1v) is 10.9. The van der Waals surface area contributed by atoms with Crippen LogP contribution in [0.15, 0.2) is 0 Å². The molecule has 0 aromatic heterocycles. The molecule has 0 amide bonds. The van der Waals surface area contributed by atoms with E-state index in [2.05, 4.69) is 52.0 Å². The molecule has 0 spiro atoms. The van der Waals surface area contributed by atoms with Crippen molar-refractivity contribution >= 4 is 20.1 Å². The first kappa shape index (κ1) is 18.1. The summed E-state index contributed by atoms with van der Waals surface area (Å²) in [7, 11) is -1.54. The quantitative estimate of drug-likeness (QED) is 0.357. The maximum atomic E-state index is 6.10. The van der Waals surface area contributed by atoms with Gasteiger partial charge in [-0.15, -0.1) is 0 Å². The Morgan fingerprint density at radius 1 is 1.17 bits per heavy atom. The van der Waals surface area contributed by atoms with Crippen LogP contribution in [0.5, 0.6) is 0 Å². The lowest BCUT2D eigenvalue weighted by Crippen LogP contribution is -2.40. The monoisotopic (exact) mass is 286 g/mol. The minimum atomic E-state index is -1.54. The second-order valence-electron chi connectivity index (χ2n) is 6.19. The summed E-state index contributed by atoms with van der Waals surface area (Å²) in [5.41, 5.74) is 0. The van der Waals surface area contributed by atoms with Crippen LogP contribution in [0.3, 0.4) is 0 Å². The van der Waals surface area contributed by atoms with Crippen LogP contribution in [0.25, 0.3) is 0 Å². The molecule has 0 aliphatic carbocycles. The molecule has 0 saturated carbocycles. The van der Waals surface area contributed by atoms with Crippen LogP contribution >= 0.6 is 11.8 Å². The molecule has 0 aliphatic heterocycles. The molecule has 0 rings (SSSR count). The molecular weight excluding hydrogens is 256 g/mol. The van der Waals surface area contributed by atoms with Crippen molar-refractivity contribution in [2.75, 3.05) is 12.4 Å². The van der Waals surface area contributed by atoms with Crippen molar-refractivity contribution < 1.29 is 4.43 Å². The molecule has 0 aromatic carbocycles. The molecule has 0 saturated heterocycles. The third kappa shape index (κ3) is 8.23.